The standard InChI is InChI=1S/C7H5N3O3/c1-3-8-2-4-5(9-3)6(7(11)12)10-13-4/h2H,1H3,(H,11,12). The molecular formula is C7H5N3O3. The maximum atomic E-state index is 10.6. The second-order valence-electron chi connectivity index (χ2n) is 2.47. The monoisotopic (exact) mass is 179 g/mol. The Hall–Kier alpha value is -1.98. The summed E-state index contributed by atoms with van der Waals surface area (Å²) < 4.78 is 4.71. The van der Waals surface area contributed by atoms with Crippen LogP contribution in [-0.2, 0) is 0 Å². The fourth-order valence-corrected chi connectivity index (χ4v) is 0.974. The third-order valence-electron chi connectivity index (χ3n) is 1.54. The minimum atomic E-state index is -1.16. The minimum absolute atomic E-state index is 0.180. The van der Waals surface area contributed by atoms with Gasteiger partial charge in [-0.05, 0) is 6.92 Å². The summed E-state index contributed by atoms with van der Waals surface area (Å²) in [6.45, 7) is 1.66. The highest BCUT2D eigenvalue weighted by Gasteiger charge is 2.16. The number of nitrogens with zero attached hydrogens (tertiary/aromatic N) is 3. The molecule has 0 radical (unpaired) electrons. The van der Waals surface area contributed by atoms with Crippen molar-refractivity contribution in [3.05, 3.63) is 17.7 Å². The summed E-state index contributed by atoms with van der Waals surface area (Å²) in [5.41, 5.74) is 0.337. The van der Waals surface area contributed by atoms with Crippen LogP contribution >= 0.6 is 0 Å². The fraction of sp³-hybridized carbons (Fsp3) is 0.143. The number of carboxylic acids is 1. The van der Waals surface area contributed by atoms with E-state index in [0.29, 0.717) is 5.82 Å². The molecule has 0 spiro atoms. The number of carboxylic acid groups (broad SMARTS) is 1. The largest absolute Gasteiger partial charge is 0.476 e. The van der Waals surface area contributed by atoms with E-state index in [0.717, 1.165) is 0 Å². The van der Waals surface area contributed by atoms with E-state index in [2.05, 4.69) is 15.1 Å². The molecule has 6 heteroatoms. The third kappa shape index (κ3) is 1.12. The van der Waals surface area contributed by atoms with E-state index in [9.17, 15) is 4.79 Å². The van der Waals surface area contributed by atoms with Gasteiger partial charge in [-0.25, -0.2) is 14.8 Å². The molecule has 0 saturated heterocycles. The lowest BCUT2D eigenvalue weighted by atomic mass is 10.3. The first-order chi connectivity index (χ1) is 6.18. The SMILES string of the molecule is Cc1ncc2onc(C(=O)O)c2n1. The zero-order chi connectivity index (χ0) is 9.42. The van der Waals surface area contributed by atoms with E-state index in [1.807, 2.05) is 0 Å². The first-order valence-corrected chi connectivity index (χ1v) is 3.51. The lowest BCUT2D eigenvalue weighted by molar-refractivity contribution is 0.0687. The van der Waals surface area contributed by atoms with Crippen LogP contribution in [0.3, 0.4) is 0 Å². The molecule has 2 aromatic rings. The maximum absolute atomic E-state index is 10.6. The highest BCUT2D eigenvalue weighted by atomic mass is 16.5. The van der Waals surface area contributed by atoms with Crippen molar-refractivity contribution in [3.63, 3.8) is 0 Å². The van der Waals surface area contributed by atoms with Crippen LogP contribution in [0.5, 0.6) is 0 Å². The van der Waals surface area contributed by atoms with Gasteiger partial charge in [-0.3, -0.25) is 0 Å². The van der Waals surface area contributed by atoms with E-state index >= 15 is 0 Å². The van der Waals surface area contributed by atoms with Gasteiger partial charge in [-0.15, -0.1) is 0 Å². The zero-order valence-corrected chi connectivity index (χ0v) is 6.68. The normalized spacial score (nSPS) is 10.5. The molecule has 0 saturated carbocycles. The Morgan fingerprint density at radius 3 is 3.08 bits per heavy atom. The molecule has 0 unspecified atom stereocenters. The third-order valence-corrected chi connectivity index (χ3v) is 1.54. The Bertz CT molecular complexity index is 477. The summed E-state index contributed by atoms with van der Waals surface area (Å²) >= 11 is 0. The van der Waals surface area contributed by atoms with Gasteiger partial charge in [-0.2, -0.15) is 0 Å². The van der Waals surface area contributed by atoms with Gasteiger partial charge in [0.05, 0.1) is 6.20 Å². The van der Waals surface area contributed by atoms with Gasteiger partial charge in [0.15, 0.2) is 0 Å². The molecule has 13 heavy (non-hydrogen) atoms. The molecule has 2 heterocycles. The summed E-state index contributed by atoms with van der Waals surface area (Å²) in [4.78, 5) is 18.4. The maximum Gasteiger partial charge on any atom is 0.360 e. The van der Waals surface area contributed by atoms with Crippen LogP contribution in [0.25, 0.3) is 11.1 Å². The predicted molar refractivity (Wildman–Crippen MR) is 41.3 cm³/mol. The van der Waals surface area contributed by atoms with E-state index in [1.54, 1.807) is 6.92 Å². The Kier molecular flexibility index (Phi) is 1.48. The highest BCUT2D eigenvalue weighted by Crippen LogP contribution is 2.14. The molecular weight excluding hydrogens is 174 g/mol. The van der Waals surface area contributed by atoms with Crippen molar-refractivity contribution >= 4 is 17.1 Å². The van der Waals surface area contributed by atoms with Crippen molar-refractivity contribution in [2.24, 2.45) is 0 Å². The molecule has 2 rings (SSSR count). The number of aryl methyl sites for hydroxylation is 1. The smallest absolute Gasteiger partial charge is 0.360 e. The first kappa shape index (κ1) is 7.66. The van der Waals surface area contributed by atoms with Crippen LogP contribution in [0.1, 0.15) is 16.3 Å². The van der Waals surface area contributed by atoms with Gasteiger partial charge in [0.1, 0.15) is 11.3 Å². The van der Waals surface area contributed by atoms with Crippen LogP contribution < -0.4 is 0 Å². The quantitative estimate of drug-likeness (QED) is 0.690. The van der Waals surface area contributed by atoms with Crippen LogP contribution in [-0.4, -0.2) is 26.2 Å². The van der Waals surface area contributed by atoms with Crippen LogP contribution in [0.15, 0.2) is 10.7 Å². The molecule has 0 atom stereocenters. The summed E-state index contributed by atoms with van der Waals surface area (Å²) in [7, 11) is 0. The van der Waals surface area contributed by atoms with Crippen molar-refractivity contribution in [1.82, 2.24) is 15.1 Å². The molecule has 0 amide bonds. The van der Waals surface area contributed by atoms with E-state index in [4.69, 9.17) is 9.63 Å². The number of fused-ring (bicyclic) bond motifs is 1. The highest BCUT2D eigenvalue weighted by molar-refractivity contribution is 5.97. The summed E-state index contributed by atoms with van der Waals surface area (Å²) in [6, 6.07) is 0. The summed E-state index contributed by atoms with van der Waals surface area (Å²) in [6.07, 6.45) is 1.40. The average Bonchev–Trinajstić information content (AvgIpc) is 2.46. The number of carbonyl (C=O) groups is 1. The van der Waals surface area contributed by atoms with Gasteiger partial charge in [0, 0.05) is 0 Å². The lowest BCUT2D eigenvalue weighted by Crippen LogP contribution is -1.98. The molecule has 2 aromatic heterocycles. The first-order valence-electron chi connectivity index (χ1n) is 3.51. The van der Waals surface area contributed by atoms with Crippen molar-refractivity contribution < 1.29 is 14.4 Å². The number of aromatic carboxylic acids is 1. The van der Waals surface area contributed by atoms with Crippen molar-refractivity contribution in [1.29, 1.82) is 0 Å². The average molecular weight is 179 g/mol. The molecule has 0 aliphatic carbocycles. The van der Waals surface area contributed by atoms with Crippen LogP contribution in [0.4, 0.5) is 0 Å². The molecule has 0 bridgehead atoms. The number of rotatable bonds is 1. The van der Waals surface area contributed by atoms with Crippen LogP contribution in [0, 0.1) is 6.92 Å². The lowest BCUT2D eigenvalue weighted by Gasteiger charge is -1.89. The van der Waals surface area contributed by atoms with E-state index in [-0.39, 0.29) is 16.8 Å². The number of hydrogen-bond acceptors (Lipinski definition) is 5. The molecule has 0 aliphatic heterocycles. The van der Waals surface area contributed by atoms with Gasteiger partial charge >= 0.3 is 5.97 Å². The van der Waals surface area contributed by atoms with Crippen molar-refractivity contribution in [3.8, 4) is 0 Å². The molecule has 0 aromatic carbocycles. The van der Waals surface area contributed by atoms with Crippen molar-refractivity contribution in [2.45, 2.75) is 6.92 Å². The Morgan fingerprint density at radius 2 is 2.38 bits per heavy atom. The number of aromatic nitrogens is 3. The van der Waals surface area contributed by atoms with Gasteiger partial charge in [-0.1, -0.05) is 5.16 Å². The Balaban J connectivity index is 2.79. The van der Waals surface area contributed by atoms with E-state index in [1.165, 1.54) is 6.20 Å². The van der Waals surface area contributed by atoms with Gasteiger partial charge < -0.3 is 9.63 Å². The van der Waals surface area contributed by atoms with Gasteiger partial charge in [0.25, 0.3) is 0 Å². The van der Waals surface area contributed by atoms with Crippen molar-refractivity contribution in [2.75, 3.05) is 0 Å². The predicted octanol–water partition coefficient (Wildman–Crippen LogP) is 0.624. The second-order valence-corrected chi connectivity index (χ2v) is 2.47. The fourth-order valence-electron chi connectivity index (χ4n) is 0.974. The summed E-state index contributed by atoms with van der Waals surface area (Å²) in [5, 5.41) is 12.0. The van der Waals surface area contributed by atoms with Crippen LogP contribution in [0.2, 0.25) is 0 Å². The topological polar surface area (TPSA) is 89.1 Å². The number of hydrogen-bond donors (Lipinski definition) is 1. The Morgan fingerprint density at radius 1 is 1.62 bits per heavy atom. The molecule has 6 nitrogen and oxygen atoms in total. The van der Waals surface area contributed by atoms with E-state index < -0.39 is 5.97 Å². The molecule has 66 valence electrons. The second kappa shape index (κ2) is 2.51. The molecule has 0 aliphatic rings. The zero-order valence-electron chi connectivity index (χ0n) is 6.68. The van der Waals surface area contributed by atoms with Gasteiger partial charge in [0.2, 0.25) is 11.3 Å². The molecule has 0 fully saturated rings. The Labute approximate surface area is 72.2 Å². The minimum Gasteiger partial charge on any atom is -0.476 e. The molecule has 1 N–H and O–H groups in total. The summed E-state index contributed by atoms with van der Waals surface area (Å²) in [5.74, 6) is -0.671.